The van der Waals surface area contributed by atoms with Crippen LogP contribution in [0.2, 0.25) is 0 Å². The topological polar surface area (TPSA) is 17.3 Å². The lowest BCUT2D eigenvalue weighted by atomic mass is 10.3. The number of thiazole rings is 1. The summed E-state index contributed by atoms with van der Waals surface area (Å²) in [5, 5.41) is 2.05. The monoisotopic (exact) mass is 252 g/mol. The maximum absolute atomic E-state index is 4.49. The standard InChI is InChI=1S/C9H5BrN2S/c10-8-5-13-9-11-6-3-1-2-4-7(6)12(8)9/h1-5H. The van der Waals surface area contributed by atoms with E-state index in [1.165, 1.54) is 0 Å². The molecule has 4 heteroatoms. The van der Waals surface area contributed by atoms with Crippen LogP contribution in [0.1, 0.15) is 0 Å². The summed E-state index contributed by atoms with van der Waals surface area (Å²) in [6, 6.07) is 8.14. The number of imidazole rings is 1. The van der Waals surface area contributed by atoms with Crippen LogP contribution < -0.4 is 0 Å². The molecule has 0 unspecified atom stereocenters. The van der Waals surface area contributed by atoms with Crippen molar-refractivity contribution in [2.24, 2.45) is 0 Å². The molecule has 0 atom stereocenters. The molecule has 1 aromatic carbocycles. The van der Waals surface area contributed by atoms with Gasteiger partial charge in [-0.3, -0.25) is 4.40 Å². The molecule has 0 radical (unpaired) electrons. The fourth-order valence-electron chi connectivity index (χ4n) is 1.44. The molecule has 0 aliphatic carbocycles. The molecule has 2 aromatic heterocycles. The first kappa shape index (κ1) is 7.53. The van der Waals surface area contributed by atoms with Crippen LogP contribution in [0.25, 0.3) is 16.0 Å². The molecule has 0 saturated carbocycles. The number of aromatic nitrogens is 2. The minimum atomic E-state index is 1.04. The van der Waals surface area contributed by atoms with Crippen LogP contribution in [-0.2, 0) is 0 Å². The van der Waals surface area contributed by atoms with E-state index >= 15 is 0 Å². The maximum Gasteiger partial charge on any atom is 0.195 e. The molecule has 64 valence electrons. The van der Waals surface area contributed by atoms with E-state index in [9.17, 15) is 0 Å². The summed E-state index contributed by atoms with van der Waals surface area (Å²) in [6.07, 6.45) is 0. The lowest BCUT2D eigenvalue weighted by Crippen LogP contribution is -1.77. The van der Waals surface area contributed by atoms with Crippen LogP contribution >= 0.6 is 27.3 Å². The third-order valence-electron chi connectivity index (χ3n) is 2.01. The maximum atomic E-state index is 4.49. The van der Waals surface area contributed by atoms with Crippen molar-refractivity contribution < 1.29 is 0 Å². The quantitative estimate of drug-likeness (QED) is 0.600. The molecular weight excluding hydrogens is 248 g/mol. The molecule has 0 bridgehead atoms. The first-order valence-electron chi connectivity index (χ1n) is 3.86. The van der Waals surface area contributed by atoms with Crippen molar-refractivity contribution in [3.05, 3.63) is 34.2 Å². The first-order chi connectivity index (χ1) is 6.36. The summed E-state index contributed by atoms with van der Waals surface area (Å²) in [6.45, 7) is 0. The third kappa shape index (κ3) is 0.957. The normalized spacial score (nSPS) is 11.5. The minimum Gasteiger partial charge on any atom is -0.277 e. The van der Waals surface area contributed by atoms with E-state index in [-0.39, 0.29) is 0 Å². The second-order valence-corrected chi connectivity index (χ2v) is 4.43. The molecule has 0 amide bonds. The van der Waals surface area contributed by atoms with E-state index in [1.54, 1.807) is 11.3 Å². The number of para-hydroxylation sites is 2. The highest BCUT2D eigenvalue weighted by molar-refractivity contribution is 9.10. The lowest BCUT2D eigenvalue weighted by Gasteiger charge is -1.89. The smallest absolute Gasteiger partial charge is 0.195 e. The van der Waals surface area contributed by atoms with Crippen LogP contribution in [0.4, 0.5) is 0 Å². The zero-order valence-electron chi connectivity index (χ0n) is 6.57. The predicted octanol–water partition coefficient (Wildman–Crippen LogP) is 3.31. The molecule has 0 aliphatic heterocycles. The zero-order valence-corrected chi connectivity index (χ0v) is 8.97. The average Bonchev–Trinajstić information content (AvgIpc) is 2.66. The van der Waals surface area contributed by atoms with Crippen LogP contribution in [0.5, 0.6) is 0 Å². The Balaban J connectivity index is 2.66. The van der Waals surface area contributed by atoms with Gasteiger partial charge in [0.15, 0.2) is 4.96 Å². The highest BCUT2D eigenvalue weighted by atomic mass is 79.9. The van der Waals surface area contributed by atoms with Gasteiger partial charge in [-0.1, -0.05) is 12.1 Å². The van der Waals surface area contributed by atoms with Gasteiger partial charge >= 0.3 is 0 Å². The van der Waals surface area contributed by atoms with Crippen LogP contribution in [0, 0.1) is 0 Å². The summed E-state index contributed by atoms with van der Waals surface area (Å²) >= 11 is 5.15. The first-order valence-corrected chi connectivity index (χ1v) is 5.54. The van der Waals surface area contributed by atoms with Gasteiger partial charge in [-0.2, -0.15) is 0 Å². The molecule has 0 saturated heterocycles. The Kier molecular flexibility index (Phi) is 1.48. The van der Waals surface area contributed by atoms with Gasteiger partial charge in [0.2, 0.25) is 0 Å². The Morgan fingerprint density at radius 2 is 2.15 bits per heavy atom. The van der Waals surface area contributed by atoms with Crippen molar-refractivity contribution in [2.45, 2.75) is 0 Å². The number of rotatable bonds is 0. The van der Waals surface area contributed by atoms with Crippen molar-refractivity contribution in [3.63, 3.8) is 0 Å². The summed E-state index contributed by atoms with van der Waals surface area (Å²) in [5.41, 5.74) is 2.21. The number of benzene rings is 1. The molecule has 0 aliphatic rings. The highest BCUT2D eigenvalue weighted by Gasteiger charge is 2.07. The average molecular weight is 253 g/mol. The number of fused-ring (bicyclic) bond motifs is 3. The Bertz CT molecular complexity index is 581. The second-order valence-electron chi connectivity index (χ2n) is 2.78. The molecule has 2 heterocycles. The van der Waals surface area contributed by atoms with Crippen LogP contribution in [0.15, 0.2) is 34.2 Å². The van der Waals surface area contributed by atoms with Gasteiger partial charge in [-0.15, -0.1) is 11.3 Å². The van der Waals surface area contributed by atoms with Gasteiger partial charge in [0, 0.05) is 5.38 Å². The van der Waals surface area contributed by atoms with E-state index in [4.69, 9.17) is 0 Å². The van der Waals surface area contributed by atoms with E-state index in [0.717, 1.165) is 20.6 Å². The van der Waals surface area contributed by atoms with Gasteiger partial charge in [-0.05, 0) is 28.1 Å². The number of hydrogen-bond acceptors (Lipinski definition) is 2. The molecular formula is C9H5BrN2S. The Morgan fingerprint density at radius 1 is 1.31 bits per heavy atom. The van der Waals surface area contributed by atoms with Gasteiger partial charge in [0.25, 0.3) is 0 Å². The minimum absolute atomic E-state index is 1.04. The van der Waals surface area contributed by atoms with Crippen molar-refractivity contribution in [1.29, 1.82) is 0 Å². The Morgan fingerprint density at radius 3 is 3.08 bits per heavy atom. The summed E-state index contributed by atoms with van der Waals surface area (Å²) in [5.74, 6) is 0. The molecule has 13 heavy (non-hydrogen) atoms. The van der Waals surface area contributed by atoms with Crippen molar-refractivity contribution in [2.75, 3.05) is 0 Å². The number of hydrogen-bond donors (Lipinski definition) is 0. The molecule has 0 N–H and O–H groups in total. The van der Waals surface area contributed by atoms with Gasteiger partial charge < -0.3 is 0 Å². The molecule has 3 rings (SSSR count). The third-order valence-corrected chi connectivity index (χ3v) is 3.72. The highest BCUT2D eigenvalue weighted by Crippen LogP contribution is 2.26. The number of nitrogens with zero attached hydrogens (tertiary/aromatic N) is 2. The van der Waals surface area contributed by atoms with Crippen LogP contribution in [0.3, 0.4) is 0 Å². The molecule has 3 aromatic rings. The van der Waals surface area contributed by atoms with Crippen LogP contribution in [-0.4, -0.2) is 9.38 Å². The van der Waals surface area contributed by atoms with E-state index < -0.39 is 0 Å². The SMILES string of the molecule is Brc1csc2nc3ccccc3n12. The Labute approximate surface area is 87.0 Å². The fourth-order valence-corrected chi connectivity index (χ4v) is 2.96. The van der Waals surface area contributed by atoms with Gasteiger partial charge in [-0.25, -0.2) is 4.98 Å². The van der Waals surface area contributed by atoms with E-state index in [1.807, 2.05) is 18.2 Å². The van der Waals surface area contributed by atoms with Crippen molar-refractivity contribution in [1.82, 2.24) is 9.38 Å². The summed E-state index contributed by atoms with van der Waals surface area (Å²) < 4.78 is 3.18. The predicted molar refractivity (Wildman–Crippen MR) is 58.3 cm³/mol. The number of halogens is 1. The van der Waals surface area contributed by atoms with Crippen molar-refractivity contribution >= 4 is 43.3 Å². The largest absolute Gasteiger partial charge is 0.277 e. The van der Waals surface area contributed by atoms with Crippen molar-refractivity contribution in [3.8, 4) is 0 Å². The van der Waals surface area contributed by atoms with Gasteiger partial charge in [0.05, 0.1) is 11.0 Å². The zero-order chi connectivity index (χ0) is 8.84. The van der Waals surface area contributed by atoms with E-state index in [0.29, 0.717) is 0 Å². The summed E-state index contributed by atoms with van der Waals surface area (Å²) in [4.78, 5) is 5.52. The second kappa shape index (κ2) is 2.56. The molecule has 0 spiro atoms. The lowest BCUT2D eigenvalue weighted by molar-refractivity contribution is 1.24. The molecule has 2 nitrogen and oxygen atoms in total. The van der Waals surface area contributed by atoms with E-state index in [2.05, 4.69) is 36.8 Å². The fraction of sp³-hybridized carbons (Fsp3) is 0. The van der Waals surface area contributed by atoms with Gasteiger partial charge in [0.1, 0.15) is 4.60 Å². The molecule has 0 fully saturated rings. The summed E-state index contributed by atoms with van der Waals surface area (Å²) in [7, 11) is 0. The Hall–Kier alpha value is -0.870.